The number of hydrogen-bond donors (Lipinski definition) is 2. The first-order chi connectivity index (χ1) is 27.2. The second kappa shape index (κ2) is 19.1. The molecule has 0 bridgehead atoms. The fourth-order valence-electron chi connectivity index (χ4n) is 6.89. The van der Waals surface area contributed by atoms with Gasteiger partial charge in [-0.3, -0.25) is 19.2 Å². The van der Waals surface area contributed by atoms with Crippen LogP contribution in [0.3, 0.4) is 0 Å². The lowest BCUT2D eigenvalue weighted by Gasteiger charge is -2.37. The minimum absolute atomic E-state index is 0.159. The molecule has 0 amide bonds. The molecule has 0 heterocycles. The second-order valence-electron chi connectivity index (χ2n) is 13.7. The number of benzene rings is 6. The van der Waals surface area contributed by atoms with E-state index >= 15 is 0 Å². The maximum absolute atomic E-state index is 13.4. The van der Waals surface area contributed by atoms with Crippen LogP contribution in [0.1, 0.15) is 47.2 Å². The van der Waals surface area contributed by atoms with Gasteiger partial charge in [0.05, 0.1) is 31.3 Å². The molecule has 0 saturated heterocycles. The van der Waals surface area contributed by atoms with Crippen molar-refractivity contribution in [3.63, 3.8) is 0 Å². The van der Waals surface area contributed by atoms with Crippen LogP contribution in [0.25, 0.3) is 0 Å². The highest BCUT2D eigenvalue weighted by Gasteiger charge is 2.40. The zero-order valence-corrected chi connectivity index (χ0v) is 32.5. The summed E-state index contributed by atoms with van der Waals surface area (Å²) in [6.45, 7) is 2.86. The highest BCUT2D eigenvalue weighted by Crippen LogP contribution is 2.44. The van der Waals surface area contributed by atoms with E-state index in [2.05, 4.69) is 41.7 Å². The molecule has 2 N–H and O–H groups in total. The predicted octanol–water partition coefficient (Wildman–Crippen LogP) is 9.28. The lowest BCUT2D eigenvalue weighted by atomic mass is 9.77. The van der Waals surface area contributed by atoms with Crippen molar-refractivity contribution in [2.24, 2.45) is 5.92 Å². The molecule has 0 saturated carbocycles. The van der Waals surface area contributed by atoms with Crippen molar-refractivity contribution in [2.45, 2.75) is 31.1 Å². The van der Waals surface area contributed by atoms with E-state index in [0.29, 0.717) is 0 Å². The summed E-state index contributed by atoms with van der Waals surface area (Å²) in [6, 6.07) is 59.5. The molecule has 9 heteroatoms. The van der Waals surface area contributed by atoms with E-state index in [9.17, 15) is 14.3 Å². The monoisotopic (exact) mass is 769 g/mol. The summed E-state index contributed by atoms with van der Waals surface area (Å²) in [6.07, 6.45) is -1.05. The van der Waals surface area contributed by atoms with Gasteiger partial charge in [-0.1, -0.05) is 196 Å². The molecule has 0 aromatic heterocycles. The van der Waals surface area contributed by atoms with Gasteiger partial charge < -0.3 is 14.4 Å². The largest absolute Gasteiger partial charge is 0.472 e. The molecule has 0 fully saturated rings. The van der Waals surface area contributed by atoms with Crippen molar-refractivity contribution in [1.82, 2.24) is 5.32 Å². The Balaban J connectivity index is 1.20. The molecule has 0 aliphatic rings. The summed E-state index contributed by atoms with van der Waals surface area (Å²) in [5, 5.41) is 3.64. The number of rotatable bonds is 19. The van der Waals surface area contributed by atoms with Crippen LogP contribution in [0.4, 0.5) is 0 Å². The van der Waals surface area contributed by atoms with E-state index in [-0.39, 0.29) is 19.8 Å². The number of ether oxygens (including phenoxy) is 2. The van der Waals surface area contributed by atoms with Crippen molar-refractivity contribution in [1.29, 1.82) is 0 Å². The molecule has 1 unspecified atom stereocenters. The van der Waals surface area contributed by atoms with Gasteiger partial charge in [-0.25, -0.2) is 4.57 Å². The molecule has 56 heavy (non-hydrogen) atoms. The van der Waals surface area contributed by atoms with Crippen LogP contribution < -0.4 is 5.32 Å². The number of nitrogens with one attached hydrogen (secondary N) is 1. The van der Waals surface area contributed by atoms with Gasteiger partial charge in [-0.2, -0.15) is 0 Å². The van der Waals surface area contributed by atoms with E-state index in [4.69, 9.17) is 18.5 Å². The molecule has 288 valence electrons. The van der Waals surface area contributed by atoms with Gasteiger partial charge in [-0.05, 0) is 33.4 Å². The van der Waals surface area contributed by atoms with Crippen LogP contribution >= 0.6 is 7.82 Å². The third kappa shape index (κ3) is 9.60. The summed E-state index contributed by atoms with van der Waals surface area (Å²) in [5.74, 6) is -0.953. The molecular formula is C47H48NO7P. The molecular weight excluding hydrogens is 721 g/mol. The Morgan fingerprint density at radius 2 is 0.929 bits per heavy atom. The second-order valence-corrected chi connectivity index (χ2v) is 15.1. The third-order valence-corrected chi connectivity index (χ3v) is 10.6. The lowest BCUT2D eigenvalue weighted by Crippen LogP contribution is -2.46. The van der Waals surface area contributed by atoms with Gasteiger partial charge in [0.25, 0.3) is 0 Å². The first kappa shape index (κ1) is 40.5. The summed E-state index contributed by atoms with van der Waals surface area (Å²) < 4.78 is 37.2. The average molecular weight is 770 g/mol. The van der Waals surface area contributed by atoms with E-state index < -0.39 is 43.6 Å². The Morgan fingerprint density at radius 1 is 0.571 bits per heavy atom. The SMILES string of the molecule is CC(C)C(=O)O[C@H](COC(c1ccccc1)(c1ccccc1)c1ccccc1)COP(=O)(O)OCCNC(c1ccccc1)(c1ccccc1)c1ccccc1. The smallest absolute Gasteiger partial charge is 0.457 e. The summed E-state index contributed by atoms with van der Waals surface area (Å²) in [7, 11) is -4.64. The third-order valence-electron chi connectivity index (χ3n) is 9.57. The Morgan fingerprint density at radius 3 is 1.29 bits per heavy atom. The summed E-state index contributed by atoms with van der Waals surface area (Å²) >= 11 is 0. The van der Waals surface area contributed by atoms with Gasteiger partial charge in [0.2, 0.25) is 0 Å². The number of esters is 1. The summed E-state index contributed by atoms with van der Waals surface area (Å²) in [5.41, 5.74) is 3.65. The van der Waals surface area contributed by atoms with E-state index in [1.807, 2.05) is 146 Å². The van der Waals surface area contributed by atoms with E-state index in [1.54, 1.807) is 13.8 Å². The first-order valence-electron chi connectivity index (χ1n) is 18.8. The molecule has 0 aliphatic heterocycles. The lowest BCUT2D eigenvalue weighted by molar-refractivity contribution is -0.161. The fourth-order valence-corrected chi connectivity index (χ4v) is 7.64. The minimum atomic E-state index is -4.64. The fraction of sp³-hybridized carbons (Fsp3) is 0.213. The molecule has 8 nitrogen and oxygen atoms in total. The summed E-state index contributed by atoms with van der Waals surface area (Å²) in [4.78, 5) is 23.9. The van der Waals surface area contributed by atoms with Crippen LogP contribution in [0, 0.1) is 5.92 Å². The van der Waals surface area contributed by atoms with Crippen molar-refractivity contribution >= 4 is 13.8 Å². The van der Waals surface area contributed by atoms with Gasteiger partial charge in [0.15, 0.2) is 0 Å². The van der Waals surface area contributed by atoms with Crippen LogP contribution in [-0.4, -0.2) is 43.3 Å². The number of carbonyl (C=O) groups excluding carboxylic acids is 1. The molecule has 2 atom stereocenters. The minimum Gasteiger partial charge on any atom is -0.457 e. The molecule has 0 spiro atoms. The van der Waals surface area contributed by atoms with Crippen molar-refractivity contribution in [2.75, 3.05) is 26.4 Å². The van der Waals surface area contributed by atoms with Crippen LogP contribution in [0.15, 0.2) is 182 Å². The van der Waals surface area contributed by atoms with Gasteiger partial charge in [0.1, 0.15) is 11.7 Å². The maximum Gasteiger partial charge on any atom is 0.472 e. The Labute approximate surface area is 329 Å². The Hall–Kier alpha value is -5.18. The van der Waals surface area contributed by atoms with Crippen LogP contribution in [0.2, 0.25) is 0 Å². The van der Waals surface area contributed by atoms with Crippen molar-refractivity contribution in [3.05, 3.63) is 215 Å². The van der Waals surface area contributed by atoms with E-state index in [1.165, 1.54) is 0 Å². The first-order valence-corrected chi connectivity index (χ1v) is 20.3. The Bertz CT molecular complexity index is 1930. The molecule has 0 radical (unpaired) electrons. The number of carbonyl (C=O) groups is 1. The Kier molecular flexibility index (Phi) is 13.8. The standard InChI is InChI=1S/C47H48NO7P/c1-37(2)45(49)55-44(35-52-47(41-27-15-6-16-28-41,42-29-17-7-18-30-42)43-31-19-8-20-32-43)36-54-56(50,51)53-34-33-48-46(38-21-9-3-10-22-38,39-23-11-4-12-24-39)40-25-13-5-14-26-40/h3-32,37,44,48H,33-36H2,1-2H3,(H,50,51)/t44-/m1/s1. The quantitative estimate of drug-likeness (QED) is 0.0364. The average Bonchev–Trinajstić information content (AvgIpc) is 3.25. The molecule has 0 aliphatic carbocycles. The van der Waals surface area contributed by atoms with Crippen molar-refractivity contribution < 1.29 is 32.8 Å². The van der Waals surface area contributed by atoms with Crippen LogP contribution in [-0.2, 0) is 39.0 Å². The normalized spacial score (nSPS) is 13.5. The zero-order chi connectivity index (χ0) is 39.3. The highest BCUT2D eigenvalue weighted by molar-refractivity contribution is 7.47. The number of phosphoric acid groups is 1. The molecule has 6 aromatic rings. The van der Waals surface area contributed by atoms with Crippen LogP contribution in [0.5, 0.6) is 0 Å². The van der Waals surface area contributed by atoms with Gasteiger partial charge in [-0.15, -0.1) is 0 Å². The van der Waals surface area contributed by atoms with Gasteiger partial charge in [0, 0.05) is 6.54 Å². The molecule has 6 aromatic carbocycles. The van der Waals surface area contributed by atoms with E-state index in [0.717, 1.165) is 33.4 Å². The highest BCUT2D eigenvalue weighted by atomic mass is 31.2. The predicted molar refractivity (Wildman–Crippen MR) is 219 cm³/mol. The zero-order valence-electron chi connectivity index (χ0n) is 31.6. The number of hydrogen-bond acceptors (Lipinski definition) is 7. The number of phosphoric ester groups is 1. The maximum atomic E-state index is 13.4. The topological polar surface area (TPSA) is 103 Å². The van der Waals surface area contributed by atoms with Gasteiger partial charge >= 0.3 is 13.8 Å². The van der Waals surface area contributed by atoms with Crippen molar-refractivity contribution in [3.8, 4) is 0 Å². The molecule has 6 rings (SSSR count).